The van der Waals surface area contributed by atoms with Crippen LogP contribution >= 0.6 is 27.3 Å². The maximum absolute atomic E-state index is 13.3. The summed E-state index contributed by atoms with van der Waals surface area (Å²) in [6.07, 6.45) is 4.85. The van der Waals surface area contributed by atoms with Crippen molar-refractivity contribution in [2.45, 2.75) is 70.4 Å². The molecule has 0 spiro atoms. The topological polar surface area (TPSA) is 104 Å². The fourth-order valence-electron chi connectivity index (χ4n) is 5.24. The second-order valence-corrected chi connectivity index (χ2v) is 11.7. The molecular weight excluding hydrogens is 570 g/mol. The molecule has 0 radical (unpaired) electrons. The largest absolute Gasteiger partial charge is 0.506 e. The van der Waals surface area contributed by atoms with Crippen molar-refractivity contribution in [1.29, 1.82) is 0 Å². The van der Waals surface area contributed by atoms with E-state index in [-0.39, 0.29) is 18.0 Å². The molecule has 1 aliphatic rings. The Morgan fingerprint density at radius 1 is 1.08 bits per heavy atom. The normalized spacial score (nSPS) is 14.5. The fourth-order valence-corrected chi connectivity index (χ4v) is 7.27. The molecule has 7 nitrogen and oxygen atoms in total. The lowest BCUT2D eigenvalue weighted by Gasteiger charge is -2.34. The summed E-state index contributed by atoms with van der Waals surface area (Å²) in [5.41, 5.74) is 0.939. The predicted molar refractivity (Wildman–Crippen MR) is 152 cm³/mol. The van der Waals surface area contributed by atoms with Crippen LogP contribution in [0.5, 0.6) is 0 Å². The molecule has 1 aliphatic carbocycles. The molecular formula is C29H32BrNO6S. The van der Waals surface area contributed by atoms with Gasteiger partial charge >= 0.3 is 12.1 Å². The van der Waals surface area contributed by atoms with Crippen molar-refractivity contribution in [3.8, 4) is 10.4 Å². The van der Waals surface area contributed by atoms with Gasteiger partial charge in [-0.3, -0.25) is 4.79 Å². The van der Waals surface area contributed by atoms with Crippen LogP contribution in [-0.2, 0) is 16.1 Å². The highest BCUT2D eigenvalue weighted by molar-refractivity contribution is 9.10. The van der Waals surface area contributed by atoms with Gasteiger partial charge in [-0.1, -0.05) is 44.0 Å². The lowest BCUT2D eigenvalue weighted by Crippen LogP contribution is -2.46. The fraction of sp³-hybridized carbons (Fsp3) is 0.414. The van der Waals surface area contributed by atoms with E-state index in [2.05, 4.69) is 22.9 Å². The summed E-state index contributed by atoms with van der Waals surface area (Å²) >= 11 is 5.21. The van der Waals surface area contributed by atoms with E-state index in [0.29, 0.717) is 31.4 Å². The Balaban J connectivity index is 1.65. The minimum Gasteiger partial charge on any atom is -0.478 e. The van der Waals surface area contributed by atoms with Crippen LogP contribution in [0.25, 0.3) is 20.5 Å². The van der Waals surface area contributed by atoms with Gasteiger partial charge in [-0.05, 0) is 71.8 Å². The Hall–Kier alpha value is -2.91. The van der Waals surface area contributed by atoms with E-state index in [0.717, 1.165) is 57.1 Å². The van der Waals surface area contributed by atoms with Crippen LogP contribution < -0.4 is 0 Å². The van der Waals surface area contributed by atoms with Gasteiger partial charge in [-0.25, -0.2) is 9.59 Å². The molecule has 0 unspecified atom stereocenters. The summed E-state index contributed by atoms with van der Waals surface area (Å²) in [4.78, 5) is 39.2. The third-order valence-corrected chi connectivity index (χ3v) is 9.40. The minimum absolute atomic E-state index is 0.000676. The monoisotopic (exact) mass is 601 g/mol. The molecule has 202 valence electrons. The summed E-state index contributed by atoms with van der Waals surface area (Å²) < 4.78 is 7.20. The van der Waals surface area contributed by atoms with Crippen molar-refractivity contribution in [3.05, 3.63) is 58.1 Å². The minimum atomic E-state index is -1.30. The van der Waals surface area contributed by atoms with Crippen molar-refractivity contribution in [2.24, 2.45) is 0 Å². The number of hydrogen-bond donors (Lipinski definition) is 2. The number of carbonyl (C=O) groups is 3. The number of carboxylic acids is 1. The van der Waals surface area contributed by atoms with E-state index in [1.165, 1.54) is 11.3 Å². The standard InChI is InChI=1S/C29H32BrNO6S/c1-2-3-4-11-24(32)31(18-29(37-28(35)36)14-7-8-15-29)17-19-12-13-23-22(16-19)25(30)26(38-23)20-9-5-6-10-21(20)27(33)34/h5-6,9-10,12-13,16H,2-4,7-8,11,14-15,17-18H2,1H3,(H,33,34)(H,35,36). The highest BCUT2D eigenvalue weighted by Gasteiger charge is 2.40. The van der Waals surface area contributed by atoms with Crippen molar-refractivity contribution in [1.82, 2.24) is 4.90 Å². The summed E-state index contributed by atoms with van der Waals surface area (Å²) in [5.74, 6) is -0.980. The molecule has 0 bridgehead atoms. The third-order valence-electron chi connectivity index (χ3n) is 7.11. The number of ether oxygens (including phenoxy) is 1. The van der Waals surface area contributed by atoms with E-state index in [9.17, 15) is 24.6 Å². The van der Waals surface area contributed by atoms with Crippen LogP contribution in [0.15, 0.2) is 46.9 Å². The molecule has 3 aromatic rings. The average molecular weight is 603 g/mol. The van der Waals surface area contributed by atoms with Gasteiger partial charge in [0.05, 0.1) is 17.0 Å². The van der Waals surface area contributed by atoms with E-state index in [1.54, 1.807) is 23.1 Å². The van der Waals surface area contributed by atoms with Crippen molar-refractivity contribution < 1.29 is 29.3 Å². The summed E-state index contributed by atoms with van der Waals surface area (Å²) in [6.45, 7) is 2.67. The number of unbranched alkanes of at least 4 members (excludes halogenated alkanes) is 2. The highest BCUT2D eigenvalue weighted by atomic mass is 79.9. The zero-order valence-corrected chi connectivity index (χ0v) is 23.8. The van der Waals surface area contributed by atoms with Gasteiger partial charge in [0.25, 0.3) is 0 Å². The molecule has 1 saturated carbocycles. The molecule has 0 aliphatic heterocycles. The van der Waals surface area contributed by atoms with Gasteiger partial charge in [0.15, 0.2) is 0 Å². The SMILES string of the molecule is CCCCCC(=O)N(Cc1ccc2sc(-c3ccccc3C(=O)O)c(Br)c2c1)CC1(OC(=O)O)CCCC1. The zero-order valence-electron chi connectivity index (χ0n) is 21.4. The van der Waals surface area contributed by atoms with E-state index in [4.69, 9.17) is 4.74 Å². The predicted octanol–water partition coefficient (Wildman–Crippen LogP) is 7.95. The number of amides is 1. The van der Waals surface area contributed by atoms with Gasteiger partial charge in [0.2, 0.25) is 5.91 Å². The van der Waals surface area contributed by atoms with Crippen LogP contribution in [0.3, 0.4) is 0 Å². The summed E-state index contributed by atoms with van der Waals surface area (Å²) in [7, 11) is 0. The third kappa shape index (κ3) is 6.38. The van der Waals surface area contributed by atoms with Crippen LogP contribution in [0.4, 0.5) is 4.79 Å². The highest BCUT2D eigenvalue weighted by Crippen LogP contribution is 2.44. The maximum Gasteiger partial charge on any atom is 0.506 e. The number of aromatic carboxylic acids is 1. The Morgan fingerprint density at radius 2 is 1.82 bits per heavy atom. The lowest BCUT2D eigenvalue weighted by atomic mass is 10.00. The summed E-state index contributed by atoms with van der Waals surface area (Å²) in [5, 5.41) is 20.0. The quantitative estimate of drug-likeness (QED) is 0.171. The number of rotatable bonds is 11. The Morgan fingerprint density at radius 3 is 2.50 bits per heavy atom. The van der Waals surface area contributed by atoms with E-state index in [1.807, 2.05) is 24.3 Å². The number of nitrogens with zero attached hydrogens (tertiary/aromatic N) is 1. The van der Waals surface area contributed by atoms with Gasteiger partial charge in [0.1, 0.15) is 5.60 Å². The van der Waals surface area contributed by atoms with Crippen molar-refractivity contribution in [3.63, 3.8) is 0 Å². The van der Waals surface area contributed by atoms with Crippen LogP contribution in [0.1, 0.15) is 74.2 Å². The molecule has 9 heteroatoms. The number of hydrogen-bond acceptors (Lipinski definition) is 5. The van der Waals surface area contributed by atoms with E-state index >= 15 is 0 Å². The lowest BCUT2D eigenvalue weighted by molar-refractivity contribution is -0.136. The molecule has 38 heavy (non-hydrogen) atoms. The van der Waals surface area contributed by atoms with Gasteiger partial charge in [-0.15, -0.1) is 11.3 Å². The Labute approximate surface area is 234 Å². The first-order valence-corrected chi connectivity index (χ1v) is 14.6. The van der Waals surface area contributed by atoms with E-state index < -0.39 is 17.7 Å². The Bertz CT molecular complexity index is 1330. The van der Waals surface area contributed by atoms with Crippen molar-refractivity contribution in [2.75, 3.05) is 6.54 Å². The summed E-state index contributed by atoms with van der Waals surface area (Å²) in [6, 6.07) is 12.9. The molecule has 1 heterocycles. The number of fused-ring (bicyclic) bond motifs is 1. The number of thiophene rings is 1. The second-order valence-electron chi connectivity index (χ2n) is 9.89. The number of halogens is 1. The smallest absolute Gasteiger partial charge is 0.478 e. The molecule has 1 aromatic heterocycles. The number of carbonyl (C=O) groups excluding carboxylic acids is 1. The molecule has 0 saturated heterocycles. The molecule has 2 aromatic carbocycles. The number of carboxylic acid groups (broad SMARTS) is 2. The van der Waals surface area contributed by atoms with Crippen LogP contribution in [-0.4, -0.2) is 45.3 Å². The maximum atomic E-state index is 13.3. The molecule has 1 amide bonds. The van der Waals surface area contributed by atoms with Gasteiger partial charge in [-0.2, -0.15) is 0 Å². The van der Waals surface area contributed by atoms with Crippen LogP contribution in [0, 0.1) is 0 Å². The first-order valence-electron chi connectivity index (χ1n) is 13.0. The number of benzene rings is 2. The molecule has 1 fully saturated rings. The first-order chi connectivity index (χ1) is 18.2. The van der Waals surface area contributed by atoms with Crippen molar-refractivity contribution >= 4 is 55.4 Å². The molecule has 0 atom stereocenters. The second kappa shape index (κ2) is 12.3. The van der Waals surface area contributed by atoms with Gasteiger partial charge in [0, 0.05) is 33.1 Å². The van der Waals surface area contributed by atoms with Gasteiger partial charge < -0.3 is 19.8 Å². The Kier molecular flexibility index (Phi) is 9.10. The molecule has 2 N–H and O–H groups in total. The van der Waals surface area contributed by atoms with Crippen LogP contribution in [0.2, 0.25) is 0 Å². The first kappa shape index (κ1) is 28.1. The zero-order chi connectivity index (χ0) is 27.3. The average Bonchev–Trinajstić information content (AvgIpc) is 3.47. The molecule has 4 rings (SSSR count).